The Morgan fingerprint density at radius 1 is 1.00 bits per heavy atom. The van der Waals surface area contributed by atoms with Crippen LogP contribution in [0.5, 0.6) is 5.75 Å². The van der Waals surface area contributed by atoms with Crippen molar-refractivity contribution in [3.8, 4) is 5.75 Å². The van der Waals surface area contributed by atoms with Crippen molar-refractivity contribution in [2.75, 3.05) is 0 Å². The standard InChI is InChI=1S/C15H15NO/c1-11-6-5-8-14(12(11)2)16-10-13-7-3-4-9-15(13)17/h3-10,17H,1-2H3. The zero-order valence-corrected chi connectivity index (χ0v) is 10.0. The third kappa shape index (κ3) is 2.53. The summed E-state index contributed by atoms with van der Waals surface area (Å²) in [4.78, 5) is 4.41. The predicted molar refractivity (Wildman–Crippen MR) is 71.3 cm³/mol. The van der Waals surface area contributed by atoms with Gasteiger partial charge in [0.15, 0.2) is 0 Å². The van der Waals surface area contributed by atoms with Crippen molar-refractivity contribution in [2.45, 2.75) is 13.8 Å². The summed E-state index contributed by atoms with van der Waals surface area (Å²) in [5.41, 5.74) is 4.05. The molecule has 0 radical (unpaired) electrons. The number of phenols is 1. The Morgan fingerprint density at radius 3 is 2.53 bits per heavy atom. The van der Waals surface area contributed by atoms with Crippen LogP contribution in [0, 0.1) is 13.8 Å². The molecule has 0 unspecified atom stereocenters. The molecule has 0 aromatic heterocycles. The van der Waals surface area contributed by atoms with E-state index in [4.69, 9.17) is 0 Å². The van der Waals surface area contributed by atoms with Crippen LogP contribution in [0.1, 0.15) is 16.7 Å². The molecule has 17 heavy (non-hydrogen) atoms. The second-order valence-electron chi connectivity index (χ2n) is 4.04. The van der Waals surface area contributed by atoms with Crippen LogP contribution < -0.4 is 0 Å². The quantitative estimate of drug-likeness (QED) is 0.775. The minimum atomic E-state index is 0.251. The van der Waals surface area contributed by atoms with Crippen molar-refractivity contribution in [3.63, 3.8) is 0 Å². The number of aromatic hydroxyl groups is 1. The van der Waals surface area contributed by atoms with E-state index in [-0.39, 0.29) is 5.75 Å². The number of para-hydroxylation sites is 1. The maximum Gasteiger partial charge on any atom is 0.124 e. The summed E-state index contributed by atoms with van der Waals surface area (Å²) in [5.74, 6) is 0.251. The second-order valence-corrected chi connectivity index (χ2v) is 4.04. The molecule has 0 saturated heterocycles. The topological polar surface area (TPSA) is 32.6 Å². The maximum absolute atomic E-state index is 9.62. The lowest BCUT2D eigenvalue weighted by molar-refractivity contribution is 0.474. The van der Waals surface area contributed by atoms with Gasteiger partial charge < -0.3 is 5.11 Å². The average Bonchev–Trinajstić information content (AvgIpc) is 2.33. The van der Waals surface area contributed by atoms with E-state index < -0.39 is 0 Å². The smallest absolute Gasteiger partial charge is 0.124 e. The average molecular weight is 225 g/mol. The molecule has 0 aliphatic heterocycles. The van der Waals surface area contributed by atoms with Gasteiger partial charge in [-0.05, 0) is 43.2 Å². The van der Waals surface area contributed by atoms with Gasteiger partial charge in [0.1, 0.15) is 5.75 Å². The predicted octanol–water partition coefficient (Wildman–Crippen LogP) is 3.76. The highest BCUT2D eigenvalue weighted by molar-refractivity contribution is 5.85. The Balaban J connectivity index is 2.33. The molecule has 0 amide bonds. The number of benzene rings is 2. The van der Waals surface area contributed by atoms with E-state index in [9.17, 15) is 5.11 Å². The van der Waals surface area contributed by atoms with Gasteiger partial charge in [-0.25, -0.2) is 0 Å². The Hall–Kier alpha value is -2.09. The lowest BCUT2D eigenvalue weighted by atomic mass is 10.1. The summed E-state index contributed by atoms with van der Waals surface area (Å²) < 4.78 is 0. The minimum absolute atomic E-state index is 0.251. The van der Waals surface area contributed by atoms with Crippen molar-refractivity contribution < 1.29 is 5.11 Å². The van der Waals surface area contributed by atoms with Gasteiger partial charge in [0.25, 0.3) is 0 Å². The van der Waals surface area contributed by atoms with Crippen LogP contribution >= 0.6 is 0 Å². The summed E-state index contributed by atoms with van der Waals surface area (Å²) in [6.07, 6.45) is 1.69. The van der Waals surface area contributed by atoms with Gasteiger partial charge in [0.2, 0.25) is 0 Å². The second kappa shape index (κ2) is 4.83. The molecule has 2 heteroatoms. The third-order valence-corrected chi connectivity index (χ3v) is 2.86. The molecule has 2 rings (SSSR count). The molecular weight excluding hydrogens is 210 g/mol. The Labute approximate surface area is 101 Å². The van der Waals surface area contributed by atoms with Gasteiger partial charge in [-0.15, -0.1) is 0 Å². The van der Waals surface area contributed by atoms with Gasteiger partial charge in [-0.2, -0.15) is 0 Å². The largest absolute Gasteiger partial charge is 0.507 e. The number of aliphatic imine (C=N–C) groups is 1. The van der Waals surface area contributed by atoms with Gasteiger partial charge in [0.05, 0.1) is 5.69 Å². The van der Waals surface area contributed by atoms with Crippen LogP contribution in [0.2, 0.25) is 0 Å². The van der Waals surface area contributed by atoms with Crippen molar-refractivity contribution in [2.24, 2.45) is 4.99 Å². The molecule has 0 spiro atoms. The van der Waals surface area contributed by atoms with E-state index in [0.29, 0.717) is 0 Å². The Kier molecular flexibility index (Phi) is 3.24. The molecule has 1 N–H and O–H groups in total. The first-order chi connectivity index (χ1) is 8.18. The number of phenolic OH excluding ortho intramolecular Hbond substituents is 1. The van der Waals surface area contributed by atoms with Crippen molar-refractivity contribution in [1.82, 2.24) is 0 Å². The van der Waals surface area contributed by atoms with Crippen LogP contribution in [0.15, 0.2) is 47.5 Å². The summed E-state index contributed by atoms with van der Waals surface area (Å²) in [5, 5.41) is 9.62. The number of rotatable bonds is 2. The number of hydrogen-bond acceptors (Lipinski definition) is 2. The monoisotopic (exact) mass is 225 g/mol. The van der Waals surface area contributed by atoms with Gasteiger partial charge >= 0.3 is 0 Å². The summed E-state index contributed by atoms with van der Waals surface area (Å²) in [7, 11) is 0. The fourth-order valence-corrected chi connectivity index (χ4v) is 1.61. The number of aryl methyl sites for hydroxylation is 1. The molecule has 2 aromatic carbocycles. The first-order valence-electron chi connectivity index (χ1n) is 5.57. The van der Waals surface area contributed by atoms with E-state index >= 15 is 0 Å². The highest BCUT2D eigenvalue weighted by Crippen LogP contribution is 2.22. The van der Waals surface area contributed by atoms with Crippen LogP contribution in [-0.4, -0.2) is 11.3 Å². The first-order valence-corrected chi connectivity index (χ1v) is 5.57. The molecule has 0 atom stereocenters. The number of hydrogen-bond donors (Lipinski definition) is 1. The molecule has 0 saturated carbocycles. The van der Waals surface area contributed by atoms with Crippen LogP contribution in [-0.2, 0) is 0 Å². The van der Waals surface area contributed by atoms with Crippen LogP contribution in [0.3, 0.4) is 0 Å². The lowest BCUT2D eigenvalue weighted by Gasteiger charge is -2.03. The van der Waals surface area contributed by atoms with E-state index in [1.165, 1.54) is 11.1 Å². The molecule has 0 heterocycles. The fraction of sp³-hybridized carbons (Fsp3) is 0.133. The summed E-state index contributed by atoms with van der Waals surface area (Å²) in [6, 6.07) is 13.2. The highest BCUT2D eigenvalue weighted by Gasteiger charge is 1.99. The SMILES string of the molecule is Cc1cccc(N=Cc2ccccc2O)c1C. The van der Waals surface area contributed by atoms with Crippen LogP contribution in [0.25, 0.3) is 0 Å². The number of nitrogens with zero attached hydrogens (tertiary/aromatic N) is 1. The van der Waals surface area contributed by atoms with E-state index in [1.807, 2.05) is 31.2 Å². The molecule has 0 fully saturated rings. The summed E-state index contributed by atoms with van der Waals surface area (Å²) in [6.45, 7) is 4.11. The molecule has 2 aromatic rings. The Morgan fingerprint density at radius 2 is 1.76 bits per heavy atom. The van der Waals surface area contributed by atoms with E-state index in [0.717, 1.165) is 11.3 Å². The first kappa shape index (κ1) is 11.4. The van der Waals surface area contributed by atoms with Gasteiger partial charge in [-0.1, -0.05) is 24.3 Å². The maximum atomic E-state index is 9.62. The lowest BCUT2D eigenvalue weighted by Crippen LogP contribution is -1.84. The summed E-state index contributed by atoms with van der Waals surface area (Å²) >= 11 is 0. The highest BCUT2D eigenvalue weighted by atomic mass is 16.3. The molecule has 0 aliphatic carbocycles. The zero-order chi connectivity index (χ0) is 12.3. The van der Waals surface area contributed by atoms with Gasteiger partial charge in [0, 0.05) is 11.8 Å². The van der Waals surface area contributed by atoms with Crippen molar-refractivity contribution in [1.29, 1.82) is 0 Å². The Bertz CT molecular complexity index is 559. The third-order valence-electron chi connectivity index (χ3n) is 2.86. The van der Waals surface area contributed by atoms with Crippen LogP contribution in [0.4, 0.5) is 5.69 Å². The van der Waals surface area contributed by atoms with E-state index in [1.54, 1.807) is 18.3 Å². The zero-order valence-electron chi connectivity index (χ0n) is 10.0. The van der Waals surface area contributed by atoms with Crippen molar-refractivity contribution in [3.05, 3.63) is 59.2 Å². The van der Waals surface area contributed by atoms with Gasteiger partial charge in [-0.3, -0.25) is 4.99 Å². The molecular formula is C15H15NO. The fourth-order valence-electron chi connectivity index (χ4n) is 1.61. The van der Waals surface area contributed by atoms with Crippen molar-refractivity contribution >= 4 is 11.9 Å². The normalized spacial score (nSPS) is 10.9. The molecule has 0 bridgehead atoms. The molecule has 0 aliphatic rings. The van der Waals surface area contributed by atoms with E-state index in [2.05, 4.69) is 18.0 Å². The molecule has 2 nitrogen and oxygen atoms in total. The minimum Gasteiger partial charge on any atom is -0.507 e. The molecule has 86 valence electrons.